The molecular weight excluding hydrogens is 476 g/mol. The number of ether oxygens (including phenoxy) is 1. The Bertz CT molecular complexity index is 1400. The molecule has 0 amide bonds. The highest BCUT2D eigenvalue weighted by Gasteiger charge is 2.42. The Balaban J connectivity index is 1.49. The zero-order valence-corrected chi connectivity index (χ0v) is 21.2. The fraction of sp³-hybridized carbons (Fsp3) is 0.393. The Kier molecular flexibility index (Phi) is 6.78. The molecule has 1 aliphatic carbocycles. The van der Waals surface area contributed by atoms with Crippen molar-refractivity contribution in [2.24, 2.45) is 11.7 Å². The Hall–Kier alpha value is -3.27. The molecule has 0 spiro atoms. The van der Waals surface area contributed by atoms with Crippen LogP contribution in [0.1, 0.15) is 55.1 Å². The quantitative estimate of drug-likeness (QED) is 0.402. The van der Waals surface area contributed by atoms with Crippen LogP contribution in [0.15, 0.2) is 48.9 Å². The Morgan fingerprint density at radius 3 is 2.62 bits per heavy atom. The van der Waals surface area contributed by atoms with E-state index in [4.69, 9.17) is 10.5 Å². The summed E-state index contributed by atoms with van der Waals surface area (Å²) in [5.41, 5.74) is 8.65. The lowest BCUT2D eigenvalue weighted by atomic mass is 9.67. The van der Waals surface area contributed by atoms with Crippen LogP contribution in [0.2, 0.25) is 0 Å². The highest BCUT2D eigenvalue weighted by atomic mass is 19.1. The molecule has 37 heavy (non-hydrogen) atoms. The highest BCUT2D eigenvalue weighted by Crippen LogP contribution is 2.42. The highest BCUT2D eigenvalue weighted by molar-refractivity contribution is 5.63. The molecule has 5 rings (SSSR count). The lowest BCUT2D eigenvalue weighted by Gasteiger charge is -2.44. The van der Waals surface area contributed by atoms with Gasteiger partial charge in [0.25, 0.3) is 0 Å². The molecule has 194 valence electrons. The van der Waals surface area contributed by atoms with Crippen molar-refractivity contribution in [3.05, 3.63) is 83.1 Å². The third-order valence-corrected chi connectivity index (χ3v) is 7.78. The second-order valence-corrected chi connectivity index (χ2v) is 10.3. The molecule has 4 atom stereocenters. The van der Waals surface area contributed by atoms with Gasteiger partial charge in [-0.3, -0.25) is 4.98 Å². The average Bonchev–Trinajstić information content (AvgIpc) is 3.25. The maximum Gasteiger partial charge on any atom is 0.135 e. The molecule has 3 heterocycles. The fourth-order valence-electron chi connectivity index (χ4n) is 5.39. The van der Waals surface area contributed by atoms with E-state index in [9.17, 15) is 13.9 Å². The summed E-state index contributed by atoms with van der Waals surface area (Å²) in [4.78, 5) is 8.88. The third-order valence-electron chi connectivity index (χ3n) is 7.78. The minimum Gasteiger partial charge on any atom is -0.388 e. The van der Waals surface area contributed by atoms with Gasteiger partial charge in [0.05, 0.1) is 35.2 Å². The zero-order chi connectivity index (χ0) is 26.3. The molecule has 3 aromatic heterocycles. The molecule has 3 N–H and O–H groups in total. The molecule has 1 aliphatic rings. The van der Waals surface area contributed by atoms with Gasteiger partial charge >= 0.3 is 0 Å². The van der Waals surface area contributed by atoms with Gasteiger partial charge in [0.2, 0.25) is 0 Å². The van der Waals surface area contributed by atoms with Gasteiger partial charge in [0.1, 0.15) is 17.5 Å². The Morgan fingerprint density at radius 1 is 1.16 bits per heavy atom. The third kappa shape index (κ3) is 4.74. The van der Waals surface area contributed by atoms with Crippen LogP contribution >= 0.6 is 0 Å². The number of pyridine rings is 1. The molecule has 0 saturated heterocycles. The first kappa shape index (κ1) is 25.4. The SMILES string of the molecule is COCc1cc(F)c(-c2ccc3cnc(Cc4cnccc4[C@H]4C[C@@H](N)[C@](C)(O)[C@@H](C)C4)n3n2)c(F)c1. The van der Waals surface area contributed by atoms with Crippen LogP contribution < -0.4 is 5.73 Å². The number of methoxy groups -OCH3 is 1. The summed E-state index contributed by atoms with van der Waals surface area (Å²) in [6, 6.07) is 7.52. The van der Waals surface area contributed by atoms with Gasteiger partial charge in [-0.05, 0) is 78.6 Å². The number of nitrogens with two attached hydrogens (primary N) is 1. The van der Waals surface area contributed by atoms with Gasteiger partial charge in [-0.1, -0.05) is 6.92 Å². The minimum absolute atomic E-state index is 0.0406. The summed E-state index contributed by atoms with van der Waals surface area (Å²) < 4.78 is 36.4. The number of rotatable bonds is 6. The number of hydrogen-bond acceptors (Lipinski definition) is 6. The van der Waals surface area contributed by atoms with Gasteiger partial charge in [0.15, 0.2) is 0 Å². The van der Waals surface area contributed by atoms with Gasteiger partial charge < -0.3 is 15.6 Å². The molecule has 0 bridgehead atoms. The van der Waals surface area contributed by atoms with Crippen molar-refractivity contribution < 1.29 is 18.6 Å². The molecule has 0 radical (unpaired) electrons. The topological polar surface area (TPSA) is 98.6 Å². The Labute approximate surface area is 214 Å². The predicted molar refractivity (Wildman–Crippen MR) is 136 cm³/mol. The van der Waals surface area contributed by atoms with Crippen LogP contribution in [-0.2, 0) is 17.8 Å². The molecule has 0 unspecified atom stereocenters. The van der Waals surface area contributed by atoms with Crippen molar-refractivity contribution in [2.45, 2.75) is 57.3 Å². The Morgan fingerprint density at radius 2 is 1.92 bits per heavy atom. The second-order valence-electron chi connectivity index (χ2n) is 10.3. The van der Waals surface area contributed by atoms with Crippen molar-refractivity contribution in [2.75, 3.05) is 7.11 Å². The smallest absolute Gasteiger partial charge is 0.135 e. The van der Waals surface area contributed by atoms with Gasteiger partial charge in [0, 0.05) is 32.0 Å². The van der Waals surface area contributed by atoms with E-state index in [0.29, 0.717) is 29.7 Å². The van der Waals surface area contributed by atoms with Crippen molar-refractivity contribution >= 4 is 5.52 Å². The van der Waals surface area contributed by atoms with E-state index in [1.165, 1.54) is 19.2 Å². The van der Waals surface area contributed by atoms with Gasteiger partial charge in [-0.15, -0.1) is 0 Å². The number of halogens is 2. The molecule has 9 heteroatoms. The number of aliphatic hydroxyl groups is 1. The molecule has 1 saturated carbocycles. The molecule has 1 aromatic carbocycles. The number of hydrogen-bond donors (Lipinski definition) is 2. The second kappa shape index (κ2) is 9.89. The normalized spacial score (nSPS) is 24.0. The molecule has 0 aliphatic heterocycles. The monoisotopic (exact) mass is 507 g/mol. The molecule has 1 fully saturated rings. The van der Waals surface area contributed by atoms with Crippen molar-refractivity contribution in [3.63, 3.8) is 0 Å². The summed E-state index contributed by atoms with van der Waals surface area (Å²) in [7, 11) is 1.47. The molecule has 7 nitrogen and oxygen atoms in total. The van der Waals surface area contributed by atoms with Crippen LogP contribution in [0.4, 0.5) is 8.78 Å². The van der Waals surface area contributed by atoms with Gasteiger partial charge in [-0.2, -0.15) is 5.10 Å². The number of aromatic nitrogens is 4. The lowest BCUT2D eigenvalue weighted by molar-refractivity contribution is -0.0464. The van der Waals surface area contributed by atoms with Crippen LogP contribution in [-0.4, -0.2) is 43.4 Å². The summed E-state index contributed by atoms with van der Waals surface area (Å²) in [6.45, 7) is 3.95. The lowest BCUT2D eigenvalue weighted by Crippen LogP contribution is -2.54. The van der Waals surface area contributed by atoms with Crippen LogP contribution in [0.3, 0.4) is 0 Å². The molecule has 4 aromatic rings. The zero-order valence-electron chi connectivity index (χ0n) is 21.2. The van der Waals surface area contributed by atoms with E-state index >= 15 is 0 Å². The van der Waals surface area contributed by atoms with E-state index in [2.05, 4.69) is 15.1 Å². The minimum atomic E-state index is -0.907. The van der Waals surface area contributed by atoms with E-state index in [1.54, 1.807) is 29.0 Å². The average molecular weight is 508 g/mol. The largest absolute Gasteiger partial charge is 0.388 e. The van der Waals surface area contributed by atoms with Gasteiger partial charge in [-0.25, -0.2) is 18.3 Å². The predicted octanol–water partition coefficient (Wildman–Crippen LogP) is 4.40. The maximum absolute atomic E-state index is 14.9. The summed E-state index contributed by atoms with van der Waals surface area (Å²) >= 11 is 0. The summed E-state index contributed by atoms with van der Waals surface area (Å²) in [6.07, 6.45) is 7.17. The van der Waals surface area contributed by atoms with E-state index in [-0.39, 0.29) is 35.7 Å². The maximum atomic E-state index is 14.9. The standard InChI is InChI=1S/C28H31F2N5O2/c1-16-8-18(11-25(31)28(16,2)36)21-6-7-32-13-19(21)12-26-33-14-20-4-5-24(34-35(20)26)27-22(29)9-17(15-37-3)10-23(27)30/h4-7,9-10,13-14,16,18,25,36H,8,11-12,15,31H2,1-3H3/t16-,18+,25+,28+/m0/s1. The first-order valence-corrected chi connectivity index (χ1v) is 12.4. The van der Waals surface area contributed by atoms with Crippen molar-refractivity contribution in [1.29, 1.82) is 0 Å². The fourth-order valence-corrected chi connectivity index (χ4v) is 5.39. The first-order chi connectivity index (χ1) is 17.7. The molecular formula is C28H31F2N5O2. The number of nitrogens with zero attached hydrogens (tertiary/aromatic N) is 4. The summed E-state index contributed by atoms with van der Waals surface area (Å²) in [5, 5.41) is 15.3. The summed E-state index contributed by atoms with van der Waals surface area (Å²) in [5.74, 6) is -0.559. The van der Waals surface area contributed by atoms with Crippen LogP contribution in [0, 0.1) is 17.6 Å². The van der Waals surface area contributed by atoms with E-state index in [0.717, 1.165) is 17.5 Å². The van der Waals surface area contributed by atoms with Crippen molar-refractivity contribution in [3.8, 4) is 11.3 Å². The van der Waals surface area contributed by atoms with E-state index in [1.807, 2.05) is 26.1 Å². The first-order valence-electron chi connectivity index (χ1n) is 12.4. The number of benzene rings is 1. The number of imidazole rings is 1. The van der Waals surface area contributed by atoms with Crippen LogP contribution in [0.25, 0.3) is 16.8 Å². The van der Waals surface area contributed by atoms with E-state index < -0.39 is 17.2 Å². The number of fused-ring (bicyclic) bond motifs is 1. The van der Waals surface area contributed by atoms with Crippen molar-refractivity contribution in [1.82, 2.24) is 19.6 Å². The van der Waals surface area contributed by atoms with Crippen LogP contribution in [0.5, 0.6) is 0 Å².